The van der Waals surface area contributed by atoms with Crippen LogP contribution in [0.15, 0.2) is 72.2 Å². The summed E-state index contributed by atoms with van der Waals surface area (Å²) in [6.07, 6.45) is 5.00. The Balaban J connectivity index is 1.25. The van der Waals surface area contributed by atoms with Crippen LogP contribution < -0.4 is 15.1 Å². The van der Waals surface area contributed by atoms with Crippen LogP contribution in [0.25, 0.3) is 11.0 Å². The molecule has 0 spiro atoms. The lowest BCUT2D eigenvalue weighted by Gasteiger charge is -2.37. The van der Waals surface area contributed by atoms with E-state index in [4.69, 9.17) is 9.84 Å². The van der Waals surface area contributed by atoms with Crippen molar-refractivity contribution in [3.05, 3.63) is 72.7 Å². The van der Waals surface area contributed by atoms with Crippen LogP contribution in [0, 0.1) is 11.8 Å². The van der Waals surface area contributed by atoms with E-state index in [9.17, 15) is 4.79 Å². The van der Waals surface area contributed by atoms with Crippen molar-refractivity contribution in [2.24, 2.45) is 5.10 Å². The molecule has 6 rings (SSSR count). The van der Waals surface area contributed by atoms with Crippen molar-refractivity contribution in [3.63, 3.8) is 0 Å². The van der Waals surface area contributed by atoms with Crippen LogP contribution in [0.3, 0.4) is 0 Å². The van der Waals surface area contributed by atoms with Gasteiger partial charge in [0.2, 0.25) is 0 Å². The third-order valence-corrected chi connectivity index (χ3v) is 6.56. The number of para-hydroxylation sites is 1. The molecule has 0 unspecified atom stereocenters. The number of amides is 1. The molecule has 0 atom stereocenters. The number of hydrogen-bond donors (Lipinski definition) is 2. The largest absolute Gasteiger partial charge is 0.457 e. The van der Waals surface area contributed by atoms with Crippen molar-refractivity contribution in [2.75, 3.05) is 23.4 Å². The van der Waals surface area contributed by atoms with E-state index in [0.29, 0.717) is 18.9 Å². The van der Waals surface area contributed by atoms with Gasteiger partial charge in [0.15, 0.2) is 11.7 Å². The maximum absolute atomic E-state index is 12.2. The van der Waals surface area contributed by atoms with Crippen molar-refractivity contribution in [1.29, 1.82) is 0 Å². The van der Waals surface area contributed by atoms with Crippen molar-refractivity contribution < 1.29 is 9.53 Å². The van der Waals surface area contributed by atoms with Gasteiger partial charge in [0, 0.05) is 30.5 Å². The second kappa shape index (κ2) is 9.66. The number of likely N-dealkylation sites (tertiary alicyclic amines) is 1. The predicted molar refractivity (Wildman–Crippen MR) is 143 cm³/mol. The van der Waals surface area contributed by atoms with Crippen molar-refractivity contribution in [2.45, 2.75) is 25.8 Å². The smallest absolute Gasteiger partial charge is 0.298 e. The summed E-state index contributed by atoms with van der Waals surface area (Å²) in [5, 5.41) is 11.4. The Hall–Kier alpha value is -4.84. The number of amidine groups is 1. The van der Waals surface area contributed by atoms with Crippen molar-refractivity contribution >= 4 is 34.3 Å². The first-order valence-electron chi connectivity index (χ1n) is 12.2. The van der Waals surface area contributed by atoms with Crippen LogP contribution >= 0.6 is 0 Å². The zero-order chi connectivity index (χ0) is 25.2. The van der Waals surface area contributed by atoms with E-state index >= 15 is 0 Å². The number of hydrogen-bond acceptors (Lipinski definition) is 7. The number of carbonyl (C=O) groups excluding carboxylic acids is 1. The van der Waals surface area contributed by atoms with Crippen LogP contribution in [-0.2, 0) is 4.79 Å². The molecule has 0 aliphatic carbocycles. The normalized spacial score (nSPS) is 15.1. The summed E-state index contributed by atoms with van der Waals surface area (Å²) in [4.78, 5) is 26.3. The van der Waals surface area contributed by atoms with Gasteiger partial charge in [-0.2, -0.15) is 5.10 Å². The van der Waals surface area contributed by atoms with Gasteiger partial charge in [0.25, 0.3) is 5.91 Å². The second-order valence-corrected chi connectivity index (χ2v) is 8.88. The molecule has 9 heteroatoms. The zero-order valence-electron chi connectivity index (χ0n) is 20.3. The molecular weight excluding hydrogens is 466 g/mol. The number of aromatic nitrogens is 3. The Kier molecular flexibility index (Phi) is 5.91. The maximum atomic E-state index is 12.2. The predicted octanol–water partition coefficient (Wildman–Crippen LogP) is 4.36. The Morgan fingerprint density at radius 2 is 1.81 bits per heavy atom. The number of rotatable bonds is 4. The molecule has 2 aromatic heterocycles. The number of hydrazone groups is 1. The lowest BCUT2D eigenvalue weighted by atomic mass is 10.0. The van der Waals surface area contributed by atoms with Crippen molar-refractivity contribution in [3.8, 4) is 23.3 Å². The number of nitrogens with zero attached hydrogens (tertiary/aromatic N) is 5. The highest BCUT2D eigenvalue weighted by molar-refractivity contribution is 6.19. The van der Waals surface area contributed by atoms with E-state index in [1.165, 1.54) is 0 Å². The highest BCUT2D eigenvalue weighted by Gasteiger charge is 2.33. The second-order valence-electron chi connectivity index (χ2n) is 8.88. The van der Waals surface area contributed by atoms with Crippen LogP contribution in [0.2, 0.25) is 0 Å². The van der Waals surface area contributed by atoms with Crippen LogP contribution in [0.4, 0.5) is 11.5 Å². The van der Waals surface area contributed by atoms with Gasteiger partial charge < -0.3 is 19.9 Å². The summed E-state index contributed by atoms with van der Waals surface area (Å²) in [5.41, 5.74) is 2.56. The lowest BCUT2D eigenvalue weighted by molar-refractivity contribution is -0.126. The first-order valence-corrected chi connectivity index (χ1v) is 12.2. The fourth-order valence-electron chi connectivity index (χ4n) is 4.73. The molecule has 9 nitrogen and oxygen atoms in total. The summed E-state index contributed by atoms with van der Waals surface area (Å²) in [6.45, 7) is 2.94. The summed E-state index contributed by atoms with van der Waals surface area (Å²) < 4.78 is 5.92. The molecule has 1 amide bonds. The zero-order valence-corrected chi connectivity index (χ0v) is 20.3. The summed E-state index contributed by atoms with van der Waals surface area (Å²) in [7, 11) is 0. The van der Waals surface area contributed by atoms with E-state index < -0.39 is 0 Å². The molecule has 2 aromatic carbocycles. The molecule has 4 heterocycles. The fourth-order valence-corrected chi connectivity index (χ4v) is 4.73. The standard InChI is InChI=1S/C28H25N7O2/c1-2-6-24(36)34-15-13-20(14-16-34)35-28-25-23(17-29-27(25)30-18-31-28)26(33-35)32-19-9-11-22(12-10-19)37-21-7-4-3-5-8-21/h3-5,7-12,17-18,20H,13-16H2,1H3,(H,32,33)(H,29,30,31). The average molecular weight is 492 g/mol. The molecule has 2 aliphatic rings. The minimum absolute atomic E-state index is 0.0956. The number of benzene rings is 2. The van der Waals surface area contributed by atoms with E-state index in [1.807, 2.05) is 65.8 Å². The minimum atomic E-state index is -0.123. The van der Waals surface area contributed by atoms with Gasteiger partial charge in [-0.15, -0.1) is 0 Å². The highest BCUT2D eigenvalue weighted by atomic mass is 16.5. The SMILES string of the molecule is CC#CC(=O)N1CCC(N2N=C(Nc3ccc(Oc4ccccc4)cc3)c3c[nH]c4ncnc2c34)CC1. The first-order chi connectivity index (χ1) is 18.2. The molecule has 0 bridgehead atoms. The Labute approximate surface area is 214 Å². The van der Waals surface area contributed by atoms with Crippen LogP contribution in [0.1, 0.15) is 25.3 Å². The van der Waals surface area contributed by atoms with Gasteiger partial charge in [0.1, 0.15) is 23.5 Å². The molecule has 0 saturated carbocycles. The third-order valence-electron chi connectivity index (χ3n) is 6.56. The Morgan fingerprint density at radius 3 is 2.57 bits per heavy atom. The number of aromatic amines is 1. The molecular formula is C28H25N7O2. The topological polar surface area (TPSA) is 98.7 Å². The quantitative estimate of drug-likeness (QED) is 0.412. The Bertz CT molecular complexity index is 1530. The summed E-state index contributed by atoms with van der Waals surface area (Å²) in [6, 6.07) is 17.6. The molecule has 2 aliphatic heterocycles. The number of nitrogens with one attached hydrogen (secondary N) is 2. The average Bonchev–Trinajstić information content (AvgIpc) is 3.38. The van der Waals surface area contributed by atoms with Gasteiger partial charge in [-0.3, -0.25) is 4.79 Å². The van der Waals surface area contributed by atoms with E-state index in [-0.39, 0.29) is 11.9 Å². The molecule has 4 aromatic rings. The van der Waals surface area contributed by atoms with Crippen LogP contribution in [0.5, 0.6) is 11.5 Å². The van der Waals surface area contributed by atoms with Gasteiger partial charge in [-0.05, 0) is 62.1 Å². The summed E-state index contributed by atoms with van der Waals surface area (Å²) in [5.74, 6) is 8.23. The molecule has 1 fully saturated rings. The fraction of sp³-hybridized carbons (Fsp3) is 0.214. The third kappa shape index (κ3) is 4.45. The molecule has 2 N–H and O–H groups in total. The van der Waals surface area contributed by atoms with E-state index in [2.05, 4.69) is 32.1 Å². The molecule has 0 radical (unpaired) electrons. The van der Waals surface area contributed by atoms with Crippen LogP contribution in [-0.4, -0.2) is 50.7 Å². The number of ether oxygens (including phenoxy) is 1. The Morgan fingerprint density at radius 1 is 1.05 bits per heavy atom. The number of piperidine rings is 1. The van der Waals surface area contributed by atoms with Gasteiger partial charge in [-0.25, -0.2) is 15.0 Å². The lowest BCUT2D eigenvalue weighted by Crippen LogP contribution is -2.46. The molecule has 1 saturated heterocycles. The number of anilines is 2. The minimum Gasteiger partial charge on any atom is -0.457 e. The monoisotopic (exact) mass is 491 g/mol. The maximum Gasteiger partial charge on any atom is 0.298 e. The van der Waals surface area contributed by atoms with Gasteiger partial charge in [-0.1, -0.05) is 24.1 Å². The molecule has 184 valence electrons. The van der Waals surface area contributed by atoms with Gasteiger partial charge in [0.05, 0.1) is 11.4 Å². The highest BCUT2D eigenvalue weighted by Crippen LogP contribution is 2.35. The first kappa shape index (κ1) is 22.6. The van der Waals surface area contributed by atoms with E-state index in [1.54, 1.807) is 18.2 Å². The van der Waals surface area contributed by atoms with Crippen molar-refractivity contribution in [1.82, 2.24) is 19.9 Å². The molecule has 37 heavy (non-hydrogen) atoms. The number of carbonyl (C=O) groups is 1. The van der Waals surface area contributed by atoms with Gasteiger partial charge >= 0.3 is 0 Å². The number of H-pyrrole nitrogens is 1. The summed E-state index contributed by atoms with van der Waals surface area (Å²) >= 11 is 0. The van der Waals surface area contributed by atoms with E-state index in [0.717, 1.165) is 52.4 Å².